The number of amides is 3. The molecule has 8 nitrogen and oxygen atoms in total. The number of urea groups is 1. The number of carbonyl (C=O) groups excluding carboxylic acids is 2. The van der Waals surface area contributed by atoms with Gasteiger partial charge in [-0.2, -0.15) is 17.5 Å². The maximum absolute atomic E-state index is 13.1. The first-order chi connectivity index (χ1) is 14.8. The number of halogens is 4. The van der Waals surface area contributed by atoms with Crippen molar-refractivity contribution >= 4 is 33.6 Å². The highest BCUT2D eigenvalue weighted by atomic mass is 35.5. The van der Waals surface area contributed by atoms with Crippen LogP contribution in [0.5, 0.6) is 0 Å². The number of hydrogen-bond acceptors (Lipinski definition) is 5. The van der Waals surface area contributed by atoms with Crippen LogP contribution in [0.1, 0.15) is 25.8 Å². The lowest BCUT2D eigenvalue weighted by atomic mass is 10.2. The molecule has 3 rings (SSSR count). The second-order valence-corrected chi connectivity index (χ2v) is 10.3. The number of sulfonamides is 1. The van der Waals surface area contributed by atoms with Crippen molar-refractivity contribution in [3.8, 4) is 0 Å². The van der Waals surface area contributed by atoms with E-state index in [1.807, 2.05) is 13.8 Å². The summed E-state index contributed by atoms with van der Waals surface area (Å²) in [7, 11) is -4.17. The first-order valence-electron chi connectivity index (χ1n) is 10.0. The van der Waals surface area contributed by atoms with Gasteiger partial charge < -0.3 is 4.90 Å². The van der Waals surface area contributed by atoms with Gasteiger partial charge in [-0.15, -0.1) is 0 Å². The molecule has 0 bridgehead atoms. The van der Waals surface area contributed by atoms with Gasteiger partial charge in [0.2, 0.25) is 15.9 Å². The molecule has 1 aromatic carbocycles. The highest BCUT2D eigenvalue weighted by molar-refractivity contribution is 7.89. The molecule has 2 saturated heterocycles. The molecule has 0 saturated carbocycles. The molecule has 3 amide bonds. The summed E-state index contributed by atoms with van der Waals surface area (Å²) < 4.78 is 66.2. The summed E-state index contributed by atoms with van der Waals surface area (Å²) in [5, 5.41) is -0.576. The molecule has 2 aliphatic heterocycles. The molecule has 2 heterocycles. The molecule has 0 aromatic heterocycles. The number of piperazine rings is 1. The molecule has 2 aliphatic rings. The standard InChI is InChI=1S/C19H24ClF3N4O4S/c1-13(2)26-6-5-17(28)27(18(26)29)12-24-7-9-25(10-8-24)32(30,31)14-3-4-16(20)15(11-14)19(21,22)23/h3-4,11,13H,5-10,12H2,1-2H3. The first kappa shape index (κ1) is 24.7. The van der Waals surface area contributed by atoms with E-state index in [0.29, 0.717) is 12.6 Å². The van der Waals surface area contributed by atoms with Gasteiger partial charge in [0.1, 0.15) is 0 Å². The molecule has 0 aliphatic carbocycles. The molecular formula is C19H24ClF3N4O4S. The van der Waals surface area contributed by atoms with E-state index in [0.717, 1.165) is 21.3 Å². The maximum atomic E-state index is 13.1. The smallest absolute Gasteiger partial charge is 0.321 e. The van der Waals surface area contributed by atoms with E-state index < -0.39 is 31.7 Å². The lowest BCUT2D eigenvalue weighted by molar-refractivity contribution is -0.137. The van der Waals surface area contributed by atoms with E-state index in [1.165, 1.54) is 0 Å². The minimum atomic E-state index is -4.78. The number of imide groups is 1. The summed E-state index contributed by atoms with van der Waals surface area (Å²) in [6.07, 6.45) is -4.56. The summed E-state index contributed by atoms with van der Waals surface area (Å²) in [6.45, 7) is 4.57. The minimum Gasteiger partial charge on any atom is -0.321 e. The third-order valence-corrected chi connectivity index (χ3v) is 7.75. The van der Waals surface area contributed by atoms with Crippen molar-refractivity contribution in [2.75, 3.05) is 39.4 Å². The zero-order valence-corrected chi connectivity index (χ0v) is 19.2. The monoisotopic (exact) mass is 496 g/mol. The topological polar surface area (TPSA) is 81.2 Å². The van der Waals surface area contributed by atoms with Gasteiger partial charge in [0.05, 0.1) is 22.2 Å². The average Bonchev–Trinajstić information content (AvgIpc) is 2.70. The predicted octanol–water partition coefficient (Wildman–Crippen LogP) is 2.69. The molecule has 0 radical (unpaired) electrons. The van der Waals surface area contributed by atoms with Crippen LogP contribution >= 0.6 is 11.6 Å². The highest BCUT2D eigenvalue weighted by Crippen LogP contribution is 2.36. The summed E-state index contributed by atoms with van der Waals surface area (Å²) >= 11 is 5.58. The van der Waals surface area contributed by atoms with E-state index >= 15 is 0 Å². The van der Waals surface area contributed by atoms with Gasteiger partial charge in [-0.05, 0) is 32.0 Å². The predicted molar refractivity (Wildman–Crippen MR) is 110 cm³/mol. The summed E-state index contributed by atoms with van der Waals surface area (Å²) in [6, 6.07) is 2.07. The Morgan fingerprint density at radius 1 is 1.06 bits per heavy atom. The quantitative estimate of drug-likeness (QED) is 0.626. The van der Waals surface area contributed by atoms with Crippen molar-refractivity contribution in [1.82, 2.24) is 19.0 Å². The van der Waals surface area contributed by atoms with E-state index in [9.17, 15) is 31.2 Å². The van der Waals surface area contributed by atoms with Crippen molar-refractivity contribution in [1.29, 1.82) is 0 Å². The first-order valence-corrected chi connectivity index (χ1v) is 11.8. The van der Waals surface area contributed by atoms with E-state index in [4.69, 9.17) is 11.6 Å². The Morgan fingerprint density at radius 2 is 1.69 bits per heavy atom. The fourth-order valence-electron chi connectivity index (χ4n) is 3.67. The van der Waals surface area contributed by atoms with Crippen LogP contribution in [-0.2, 0) is 21.0 Å². The van der Waals surface area contributed by atoms with Crippen LogP contribution < -0.4 is 0 Å². The second kappa shape index (κ2) is 9.16. The number of nitrogens with zero attached hydrogens (tertiary/aromatic N) is 4. The molecule has 0 N–H and O–H groups in total. The number of hydrogen-bond donors (Lipinski definition) is 0. The molecule has 0 unspecified atom stereocenters. The van der Waals surface area contributed by atoms with E-state index in [1.54, 1.807) is 9.80 Å². The Morgan fingerprint density at radius 3 is 2.25 bits per heavy atom. The van der Waals surface area contributed by atoms with Gasteiger partial charge in [-0.25, -0.2) is 13.2 Å². The van der Waals surface area contributed by atoms with Crippen molar-refractivity contribution < 1.29 is 31.2 Å². The van der Waals surface area contributed by atoms with Crippen LogP contribution in [0.15, 0.2) is 23.1 Å². The van der Waals surface area contributed by atoms with Gasteiger partial charge >= 0.3 is 12.2 Å². The molecule has 0 spiro atoms. The molecule has 32 heavy (non-hydrogen) atoms. The Bertz CT molecular complexity index is 995. The Labute approximate surface area is 189 Å². The lowest BCUT2D eigenvalue weighted by Gasteiger charge is -2.40. The van der Waals surface area contributed by atoms with Gasteiger partial charge in [0.25, 0.3) is 0 Å². The molecule has 178 valence electrons. The van der Waals surface area contributed by atoms with Crippen molar-refractivity contribution in [2.45, 2.75) is 37.4 Å². The second-order valence-electron chi connectivity index (χ2n) is 7.94. The summed E-state index contributed by atoms with van der Waals surface area (Å²) in [5.41, 5.74) is -1.21. The summed E-state index contributed by atoms with van der Waals surface area (Å²) in [5.74, 6) is -0.289. The van der Waals surface area contributed by atoms with Crippen LogP contribution in [0.4, 0.5) is 18.0 Å². The maximum Gasteiger partial charge on any atom is 0.417 e. The van der Waals surface area contributed by atoms with Crippen LogP contribution in [0.2, 0.25) is 5.02 Å². The van der Waals surface area contributed by atoms with Crippen molar-refractivity contribution in [3.05, 3.63) is 28.8 Å². The van der Waals surface area contributed by atoms with Gasteiger partial charge in [-0.1, -0.05) is 11.6 Å². The minimum absolute atomic E-state index is 0.0103. The van der Waals surface area contributed by atoms with E-state index in [2.05, 4.69) is 0 Å². The normalized spacial score (nSPS) is 19.8. The Kier molecular flexibility index (Phi) is 7.08. The highest BCUT2D eigenvalue weighted by Gasteiger charge is 2.38. The van der Waals surface area contributed by atoms with Gasteiger partial charge in [0.15, 0.2) is 0 Å². The zero-order chi connectivity index (χ0) is 23.8. The SMILES string of the molecule is CC(C)N1CCC(=O)N(CN2CCN(S(=O)(=O)c3ccc(Cl)c(C(F)(F)F)c3)CC2)C1=O. The third-order valence-electron chi connectivity index (χ3n) is 5.52. The third kappa shape index (κ3) is 5.03. The lowest BCUT2D eigenvalue weighted by Crippen LogP contribution is -2.59. The van der Waals surface area contributed by atoms with Crippen LogP contribution in [0.3, 0.4) is 0 Å². The van der Waals surface area contributed by atoms with Crippen LogP contribution in [-0.4, -0.2) is 84.8 Å². The number of benzene rings is 1. The fraction of sp³-hybridized carbons (Fsp3) is 0.579. The summed E-state index contributed by atoms with van der Waals surface area (Å²) in [4.78, 5) is 28.9. The average molecular weight is 497 g/mol. The Hall–Kier alpha value is -1.89. The molecule has 0 atom stereocenters. The van der Waals surface area contributed by atoms with Crippen molar-refractivity contribution in [3.63, 3.8) is 0 Å². The molecule has 13 heteroatoms. The largest absolute Gasteiger partial charge is 0.417 e. The number of alkyl halides is 3. The van der Waals surface area contributed by atoms with Crippen LogP contribution in [0, 0.1) is 0 Å². The molecule has 2 fully saturated rings. The van der Waals surface area contributed by atoms with E-state index in [-0.39, 0.29) is 57.2 Å². The molecular weight excluding hydrogens is 473 g/mol. The Balaban J connectivity index is 1.68. The number of rotatable bonds is 5. The number of carbonyl (C=O) groups is 2. The zero-order valence-electron chi connectivity index (χ0n) is 17.6. The van der Waals surface area contributed by atoms with Crippen molar-refractivity contribution in [2.24, 2.45) is 0 Å². The van der Waals surface area contributed by atoms with Crippen LogP contribution in [0.25, 0.3) is 0 Å². The van der Waals surface area contributed by atoms with Gasteiger partial charge in [0, 0.05) is 45.2 Å². The molecule has 1 aromatic rings. The van der Waals surface area contributed by atoms with Gasteiger partial charge in [-0.3, -0.25) is 14.6 Å². The fourth-order valence-corrected chi connectivity index (χ4v) is 5.34.